The van der Waals surface area contributed by atoms with Crippen molar-refractivity contribution in [3.63, 3.8) is 0 Å². The third kappa shape index (κ3) is 18.3. The van der Waals surface area contributed by atoms with Gasteiger partial charge in [-0.05, 0) is 68.4 Å². The van der Waals surface area contributed by atoms with Gasteiger partial charge < -0.3 is 56.9 Å². The Morgan fingerprint density at radius 2 is 1.42 bits per heavy atom. The molecule has 1 saturated heterocycles. The maximum atomic E-state index is 14.3. The Hall–Kier alpha value is -7.00. The number of nitrogens with zero attached hydrogens (tertiary/aromatic N) is 1. The van der Waals surface area contributed by atoms with E-state index in [0.29, 0.717) is 17.7 Å². The van der Waals surface area contributed by atoms with E-state index in [2.05, 4.69) is 38.5 Å². The highest BCUT2D eigenvalue weighted by Gasteiger charge is 2.37. The zero-order chi connectivity index (χ0) is 53.8. The van der Waals surface area contributed by atoms with Crippen LogP contribution in [0.2, 0.25) is 0 Å². The molecule has 0 spiro atoms. The summed E-state index contributed by atoms with van der Waals surface area (Å²) in [5.41, 5.74) is 1.79. The highest BCUT2D eigenvalue weighted by Crippen LogP contribution is 2.19. The molecule has 0 aliphatic carbocycles. The summed E-state index contributed by atoms with van der Waals surface area (Å²) in [6.07, 6.45) is 6.25. The van der Waals surface area contributed by atoms with Gasteiger partial charge in [0.25, 0.3) is 5.91 Å². The van der Waals surface area contributed by atoms with Gasteiger partial charge in [-0.2, -0.15) is 11.8 Å². The van der Waals surface area contributed by atoms with Gasteiger partial charge in [-0.25, -0.2) is 9.59 Å². The predicted molar refractivity (Wildman–Crippen MR) is 270 cm³/mol. The van der Waals surface area contributed by atoms with Gasteiger partial charge in [0.15, 0.2) is 0 Å². The van der Waals surface area contributed by atoms with E-state index in [1.165, 1.54) is 63.8 Å². The third-order valence-electron chi connectivity index (χ3n) is 12.3. The molecule has 1 heterocycles. The average Bonchev–Trinajstić information content (AvgIpc) is 3.34. The highest BCUT2D eigenvalue weighted by molar-refractivity contribution is 7.98. The molecule has 3 rings (SSSR count). The molecule has 2 aromatic rings. The van der Waals surface area contributed by atoms with Gasteiger partial charge in [-0.3, -0.25) is 33.6 Å². The van der Waals surface area contributed by atoms with Crippen LogP contribution in [0.1, 0.15) is 65.0 Å². The SMILES string of the molecule is C=C1C(=O)N[C@H](C)C(=O)N[C@@H](Cc2ccc(O)cc2)C(=O)NC(C(=O)O)[C@H](C)C(=O)NC(CCSC)C(=O)NC(/C=C/C(C)=C/[C@H](C)[C@H](Cc2ccccc2)OC)[C@H](C)C(=O)N[C@H](C(=O)O)CCC(=O)N1C. The summed E-state index contributed by atoms with van der Waals surface area (Å²) in [7, 11) is 2.82. The zero-order valence-corrected chi connectivity index (χ0v) is 42.7. The number of methoxy groups -OCH3 is 1. The van der Waals surface area contributed by atoms with E-state index in [0.717, 1.165) is 16.0 Å². The third-order valence-corrected chi connectivity index (χ3v) is 12.9. The van der Waals surface area contributed by atoms with Crippen molar-refractivity contribution in [3.8, 4) is 5.75 Å². The topological polar surface area (TPSA) is 299 Å². The summed E-state index contributed by atoms with van der Waals surface area (Å²) < 4.78 is 5.82. The fraction of sp³-hybridized carbons (Fsp3) is 0.471. The molecular formula is C51H69N7O13S. The molecule has 7 amide bonds. The second kappa shape index (κ2) is 28.7. The van der Waals surface area contributed by atoms with Gasteiger partial charge in [0, 0.05) is 32.9 Å². The van der Waals surface area contributed by atoms with Crippen molar-refractivity contribution in [2.24, 2.45) is 17.8 Å². The van der Waals surface area contributed by atoms with Crippen molar-refractivity contribution >= 4 is 65.1 Å². The predicted octanol–water partition coefficient (Wildman–Crippen LogP) is 2.22. The number of thioether (sulfide) groups is 1. The number of amides is 7. The molecule has 3 unspecified atom stereocenters. The van der Waals surface area contributed by atoms with Crippen molar-refractivity contribution in [2.45, 2.75) is 109 Å². The lowest BCUT2D eigenvalue weighted by molar-refractivity contribution is -0.146. The van der Waals surface area contributed by atoms with E-state index in [1.54, 1.807) is 25.5 Å². The normalized spacial score (nSPS) is 25.1. The molecule has 0 aromatic heterocycles. The van der Waals surface area contributed by atoms with Crippen molar-refractivity contribution in [3.05, 3.63) is 102 Å². The van der Waals surface area contributed by atoms with Crippen LogP contribution in [0.15, 0.2) is 90.7 Å². The Kier molecular flexibility index (Phi) is 23.7. The number of phenols is 1. The number of ether oxygens (including phenoxy) is 1. The first-order valence-electron chi connectivity index (χ1n) is 23.4. The number of rotatable bonds is 14. The zero-order valence-electron chi connectivity index (χ0n) is 41.9. The highest BCUT2D eigenvalue weighted by atomic mass is 32.2. The molecule has 9 N–H and O–H groups in total. The number of aromatic hydroxyl groups is 1. The summed E-state index contributed by atoms with van der Waals surface area (Å²) in [6.45, 7) is 11.4. The quantitative estimate of drug-likeness (QED) is 0.0969. The molecule has 72 heavy (non-hydrogen) atoms. The Labute approximate surface area is 424 Å². The average molecular weight is 1020 g/mol. The smallest absolute Gasteiger partial charge is 0.327 e. The molecule has 20 nitrogen and oxygen atoms in total. The van der Waals surface area contributed by atoms with E-state index >= 15 is 0 Å². The lowest BCUT2D eigenvalue weighted by Gasteiger charge is -2.28. The van der Waals surface area contributed by atoms with Crippen LogP contribution in [0.4, 0.5) is 0 Å². The molecule has 1 aliphatic heterocycles. The van der Waals surface area contributed by atoms with Gasteiger partial charge in [0.05, 0.1) is 24.0 Å². The number of hydrogen-bond donors (Lipinski definition) is 9. The largest absolute Gasteiger partial charge is 0.508 e. The number of carbonyl (C=O) groups excluding carboxylic acids is 7. The number of carboxylic acid groups (broad SMARTS) is 2. The maximum Gasteiger partial charge on any atom is 0.327 e. The Morgan fingerprint density at radius 1 is 0.806 bits per heavy atom. The lowest BCUT2D eigenvalue weighted by atomic mass is 9.94. The van der Waals surface area contributed by atoms with Crippen molar-refractivity contribution < 1.29 is 63.2 Å². The number of likely N-dealkylation sites (N-methyl/N-ethyl adjacent to an activating group) is 1. The first kappa shape index (κ1) is 59.3. The summed E-state index contributed by atoms with van der Waals surface area (Å²) in [6, 6.07) is 6.52. The second-order valence-electron chi connectivity index (χ2n) is 17.8. The van der Waals surface area contributed by atoms with Crippen LogP contribution in [0.25, 0.3) is 0 Å². The van der Waals surface area contributed by atoms with Crippen LogP contribution >= 0.6 is 11.8 Å². The van der Waals surface area contributed by atoms with Crippen LogP contribution in [0.3, 0.4) is 0 Å². The molecular weight excluding hydrogens is 951 g/mol. The molecule has 0 bridgehead atoms. The number of phenolic OH excluding ortho intramolecular Hbond substituents is 1. The number of carbonyl (C=O) groups is 9. The summed E-state index contributed by atoms with van der Waals surface area (Å²) in [5.74, 6) is -11.9. The summed E-state index contributed by atoms with van der Waals surface area (Å²) in [4.78, 5) is 122. The van der Waals surface area contributed by atoms with Crippen LogP contribution < -0.4 is 31.9 Å². The minimum absolute atomic E-state index is 0.0360. The molecule has 2 aromatic carbocycles. The van der Waals surface area contributed by atoms with Crippen LogP contribution in [0, 0.1) is 17.8 Å². The van der Waals surface area contributed by atoms with Gasteiger partial charge in [-0.1, -0.05) is 93.6 Å². The lowest BCUT2D eigenvalue weighted by Crippen LogP contribution is -2.59. The fourth-order valence-electron chi connectivity index (χ4n) is 7.56. The first-order chi connectivity index (χ1) is 34.0. The number of allylic oxidation sites excluding steroid dienone is 2. The Balaban J connectivity index is 2.10. The number of carboxylic acids is 2. The van der Waals surface area contributed by atoms with E-state index in [4.69, 9.17) is 4.74 Å². The standard InChI is InChI=1S/C51H69N7O13S/c1-28(25-29(2)41(71-8)27-34-13-11-10-12-14-34)15-20-37-30(3)44(61)55-39(50(67)68)21-22-42(60)58(7)33(6)47(64)52-32(5)46(63)56-40(26-35-16-18-36(59)19-17-35)49(66)57-43(51(69)70)31(4)45(62)54-38(23-24-72-9)48(65)53-37/h10-20,25,29-32,37-41,43,59H,6,21-24,26-27H2,1-5,7-9H3,(H,52,64)(H,53,65)(H,54,62)(H,55,61)(H,56,63)(H,57,66)(H,67,68)(H,69,70)/b20-15+,28-25+/t29-,30-,31-,32+,37?,38?,39-,40-,41-,43?/m0/s1. The minimum atomic E-state index is -1.91. The summed E-state index contributed by atoms with van der Waals surface area (Å²) >= 11 is 1.35. The molecule has 0 radical (unpaired) electrons. The van der Waals surface area contributed by atoms with Gasteiger partial charge >= 0.3 is 11.9 Å². The first-order valence-corrected chi connectivity index (χ1v) is 24.8. The van der Waals surface area contributed by atoms with E-state index in [-0.39, 0.29) is 30.6 Å². The molecule has 10 atom stereocenters. The van der Waals surface area contributed by atoms with Crippen molar-refractivity contribution in [2.75, 3.05) is 26.2 Å². The minimum Gasteiger partial charge on any atom is -0.508 e. The number of hydrogen-bond acceptors (Lipinski definition) is 12. The second-order valence-corrected chi connectivity index (χ2v) is 18.8. The maximum absolute atomic E-state index is 14.3. The van der Waals surface area contributed by atoms with E-state index in [9.17, 15) is 58.5 Å². The molecule has 21 heteroatoms. The fourth-order valence-corrected chi connectivity index (χ4v) is 8.03. The van der Waals surface area contributed by atoms with Gasteiger partial charge in [0.2, 0.25) is 35.4 Å². The number of aliphatic carboxylic acids is 2. The van der Waals surface area contributed by atoms with Crippen molar-refractivity contribution in [1.82, 2.24) is 36.8 Å². The van der Waals surface area contributed by atoms with Crippen LogP contribution in [0.5, 0.6) is 5.75 Å². The van der Waals surface area contributed by atoms with Crippen LogP contribution in [-0.4, -0.2) is 142 Å². The summed E-state index contributed by atoms with van der Waals surface area (Å²) in [5, 5.41) is 45.5. The van der Waals surface area contributed by atoms with Gasteiger partial charge in [0.1, 0.15) is 41.7 Å². The van der Waals surface area contributed by atoms with E-state index < -0.39 is 120 Å². The monoisotopic (exact) mass is 1020 g/mol. The van der Waals surface area contributed by atoms with Crippen LogP contribution in [-0.2, 0) is 60.7 Å². The molecule has 1 fully saturated rings. The number of benzene rings is 2. The molecule has 1 aliphatic rings. The Bertz CT molecular complexity index is 2330. The van der Waals surface area contributed by atoms with Gasteiger partial charge in [-0.15, -0.1) is 0 Å². The molecule has 392 valence electrons. The Morgan fingerprint density at radius 3 is 2.01 bits per heavy atom. The number of nitrogens with one attached hydrogen (secondary N) is 6. The van der Waals surface area contributed by atoms with Crippen molar-refractivity contribution in [1.29, 1.82) is 0 Å². The molecule has 0 saturated carbocycles. The van der Waals surface area contributed by atoms with E-state index in [1.807, 2.05) is 50.3 Å².